The number of carboxylic acids is 1. The quantitative estimate of drug-likeness (QED) is 0.787. The largest absolute Gasteiger partial charge is 0.481 e. The molecule has 2 N–H and O–H groups in total. The topological polar surface area (TPSA) is 78.9 Å². The SMILES string of the molecule is COC(CNC(=O)N1CCC(C(=O)O)CC1)C(C)C. The van der Waals surface area contributed by atoms with Gasteiger partial charge in [-0.1, -0.05) is 13.8 Å². The summed E-state index contributed by atoms with van der Waals surface area (Å²) in [5.74, 6) is -0.742. The summed E-state index contributed by atoms with van der Waals surface area (Å²) in [5.41, 5.74) is 0. The third-order valence-corrected chi connectivity index (χ3v) is 3.63. The van der Waals surface area contributed by atoms with Crippen LogP contribution in [0.25, 0.3) is 0 Å². The number of carbonyl (C=O) groups is 2. The molecule has 1 heterocycles. The standard InChI is InChI=1S/C13H24N2O4/c1-9(2)11(19-3)8-14-13(18)15-6-4-10(5-7-15)12(16)17/h9-11H,4-8H2,1-3H3,(H,14,18)(H,16,17). The zero-order valence-electron chi connectivity index (χ0n) is 11.9. The number of amides is 2. The molecule has 1 saturated heterocycles. The molecule has 1 atom stereocenters. The van der Waals surface area contributed by atoms with Crippen LogP contribution >= 0.6 is 0 Å². The van der Waals surface area contributed by atoms with Gasteiger partial charge >= 0.3 is 12.0 Å². The Bertz CT molecular complexity index is 312. The molecule has 1 aliphatic rings. The molecule has 0 bridgehead atoms. The van der Waals surface area contributed by atoms with E-state index in [1.807, 2.05) is 13.8 Å². The lowest BCUT2D eigenvalue weighted by atomic mass is 9.97. The van der Waals surface area contributed by atoms with E-state index in [9.17, 15) is 9.59 Å². The Labute approximate surface area is 114 Å². The Morgan fingerprint density at radius 1 is 1.37 bits per heavy atom. The van der Waals surface area contributed by atoms with Gasteiger partial charge in [0.05, 0.1) is 12.0 Å². The number of hydrogen-bond donors (Lipinski definition) is 2. The summed E-state index contributed by atoms with van der Waals surface area (Å²) >= 11 is 0. The Kier molecular flexibility index (Phi) is 6.08. The molecule has 2 amide bonds. The van der Waals surface area contributed by atoms with E-state index in [0.29, 0.717) is 38.4 Å². The number of carbonyl (C=O) groups excluding carboxylic acids is 1. The minimum atomic E-state index is -0.765. The van der Waals surface area contributed by atoms with Crippen molar-refractivity contribution in [2.24, 2.45) is 11.8 Å². The second-order valence-electron chi connectivity index (χ2n) is 5.30. The van der Waals surface area contributed by atoms with Crippen LogP contribution < -0.4 is 5.32 Å². The van der Waals surface area contributed by atoms with Crippen LogP contribution in [0.15, 0.2) is 0 Å². The minimum Gasteiger partial charge on any atom is -0.481 e. The highest BCUT2D eigenvalue weighted by Crippen LogP contribution is 2.17. The van der Waals surface area contributed by atoms with Crippen molar-refractivity contribution in [2.75, 3.05) is 26.7 Å². The zero-order valence-corrected chi connectivity index (χ0v) is 11.9. The van der Waals surface area contributed by atoms with Gasteiger partial charge in [0.25, 0.3) is 0 Å². The number of piperidine rings is 1. The smallest absolute Gasteiger partial charge is 0.317 e. The number of nitrogens with one attached hydrogen (secondary N) is 1. The Hall–Kier alpha value is -1.30. The highest BCUT2D eigenvalue weighted by molar-refractivity contribution is 5.75. The highest BCUT2D eigenvalue weighted by Gasteiger charge is 2.27. The monoisotopic (exact) mass is 272 g/mol. The molecule has 0 saturated carbocycles. The van der Waals surface area contributed by atoms with E-state index in [4.69, 9.17) is 9.84 Å². The van der Waals surface area contributed by atoms with Gasteiger partial charge in [0, 0.05) is 26.7 Å². The summed E-state index contributed by atoms with van der Waals surface area (Å²) in [6.07, 6.45) is 1.06. The Balaban J connectivity index is 2.33. The first-order valence-electron chi connectivity index (χ1n) is 6.74. The van der Waals surface area contributed by atoms with Gasteiger partial charge < -0.3 is 20.1 Å². The number of likely N-dealkylation sites (tertiary alicyclic amines) is 1. The fraction of sp³-hybridized carbons (Fsp3) is 0.846. The first kappa shape index (κ1) is 15.8. The summed E-state index contributed by atoms with van der Waals surface area (Å²) in [5, 5.41) is 11.7. The van der Waals surface area contributed by atoms with Crippen molar-refractivity contribution in [3.63, 3.8) is 0 Å². The molecule has 6 nitrogen and oxygen atoms in total. The average Bonchev–Trinajstić information content (AvgIpc) is 2.38. The molecular weight excluding hydrogens is 248 g/mol. The number of aliphatic carboxylic acids is 1. The van der Waals surface area contributed by atoms with E-state index in [0.717, 1.165) is 0 Å². The van der Waals surface area contributed by atoms with Gasteiger partial charge in [-0.05, 0) is 18.8 Å². The zero-order chi connectivity index (χ0) is 14.4. The van der Waals surface area contributed by atoms with Gasteiger partial charge in [0.15, 0.2) is 0 Å². The van der Waals surface area contributed by atoms with Crippen LogP contribution in [0, 0.1) is 11.8 Å². The molecule has 6 heteroatoms. The lowest BCUT2D eigenvalue weighted by molar-refractivity contribution is -0.143. The molecule has 0 spiro atoms. The third kappa shape index (κ3) is 4.70. The summed E-state index contributed by atoms with van der Waals surface area (Å²) < 4.78 is 5.29. The van der Waals surface area contributed by atoms with Crippen molar-refractivity contribution in [3.8, 4) is 0 Å². The molecule has 1 fully saturated rings. The minimum absolute atomic E-state index is 0.000471. The molecule has 110 valence electrons. The van der Waals surface area contributed by atoms with E-state index in [1.165, 1.54) is 0 Å². The average molecular weight is 272 g/mol. The van der Waals surface area contributed by atoms with Gasteiger partial charge in [-0.3, -0.25) is 4.79 Å². The van der Waals surface area contributed by atoms with Crippen molar-refractivity contribution in [1.82, 2.24) is 10.2 Å². The molecule has 1 unspecified atom stereocenters. The van der Waals surface area contributed by atoms with Gasteiger partial charge in [0.2, 0.25) is 0 Å². The number of urea groups is 1. The maximum atomic E-state index is 11.9. The Morgan fingerprint density at radius 2 is 1.95 bits per heavy atom. The molecule has 0 aromatic heterocycles. The van der Waals surface area contributed by atoms with Crippen LogP contribution in [0.2, 0.25) is 0 Å². The van der Waals surface area contributed by atoms with Gasteiger partial charge in [-0.2, -0.15) is 0 Å². The third-order valence-electron chi connectivity index (χ3n) is 3.63. The van der Waals surface area contributed by atoms with Crippen molar-refractivity contribution >= 4 is 12.0 Å². The van der Waals surface area contributed by atoms with Crippen LogP contribution in [0.4, 0.5) is 4.79 Å². The Morgan fingerprint density at radius 3 is 2.37 bits per heavy atom. The molecule has 1 aliphatic heterocycles. The fourth-order valence-electron chi connectivity index (χ4n) is 2.22. The molecule has 0 aromatic rings. The van der Waals surface area contributed by atoms with Gasteiger partial charge in [0.1, 0.15) is 0 Å². The lowest BCUT2D eigenvalue weighted by Gasteiger charge is -2.31. The molecule has 0 aliphatic carbocycles. The van der Waals surface area contributed by atoms with E-state index in [2.05, 4.69) is 5.32 Å². The van der Waals surface area contributed by atoms with Gasteiger partial charge in [-0.15, -0.1) is 0 Å². The van der Waals surface area contributed by atoms with Gasteiger partial charge in [-0.25, -0.2) is 4.79 Å². The van der Waals surface area contributed by atoms with Crippen LogP contribution in [0.1, 0.15) is 26.7 Å². The first-order chi connectivity index (χ1) is 8.95. The lowest BCUT2D eigenvalue weighted by Crippen LogP contribution is -2.47. The van der Waals surface area contributed by atoms with Crippen molar-refractivity contribution < 1.29 is 19.4 Å². The summed E-state index contributed by atoms with van der Waals surface area (Å²) in [6.45, 7) is 5.56. The summed E-state index contributed by atoms with van der Waals surface area (Å²) in [6, 6.07) is -0.133. The number of ether oxygens (including phenoxy) is 1. The number of methoxy groups -OCH3 is 1. The fourth-order valence-corrected chi connectivity index (χ4v) is 2.22. The second kappa shape index (κ2) is 7.33. The van der Waals surface area contributed by atoms with Crippen LogP contribution in [0.5, 0.6) is 0 Å². The van der Waals surface area contributed by atoms with Crippen molar-refractivity contribution in [2.45, 2.75) is 32.8 Å². The van der Waals surface area contributed by atoms with E-state index >= 15 is 0 Å². The summed E-state index contributed by atoms with van der Waals surface area (Å²) in [4.78, 5) is 24.4. The maximum Gasteiger partial charge on any atom is 0.317 e. The maximum absolute atomic E-state index is 11.9. The van der Waals surface area contributed by atoms with Crippen LogP contribution in [0.3, 0.4) is 0 Å². The first-order valence-corrected chi connectivity index (χ1v) is 6.74. The molecule has 0 radical (unpaired) electrons. The summed E-state index contributed by atoms with van der Waals surface area (Å²) in [7, 11) is 1.63. The number of hydrogen-bond acceptors (Lipinski definition) is 3. The number of carboxylic acid groups (broad SMARTS) is 1. The highest BCUT2D eigenvalue weighted by atomic mass is 16.5. The molecule has 1 rings (SSSR count). The van der Waals surface area contributed by atoms with E-state index in [-0.39, 0.29) is 18.1 Å². The normalized spacial score (nSPS) is 18.4. The van der Waals surface area contributed by atoms with Crippen LogP contribution in [-0.4, -0.2) is 54.9 Å². The second-order valence-corrected chi connectivity index (χ2v) is 5.30. The van der Waals surface area contributed by atoms with Crippen LogP contribution in [-0.2, 0) is 9.53 Å². The predicted molar refractivity (Wildman–Crippen MR) is 71.0 cm³/mol. The van der Waals surface area contributed by atoms with Crippen molar-refractivity contribution in [1.29, 1.82) is 0 Å². The molecule has 19 heavy (non-hydrogen) atoms. The number of rotatable bonds is 5. The van der Waals surface area contributed by atoms with E-state index in [1.54, 1.807) is 12.0 Å². The molecular formula is C13H24N2O4. The molecule has 0 aromatic carbocycles. The van der Waals surface area contributed by atoms with E-state index < -0.39 is 5.97 Å². The van der Waals surface area contributed by atoms with Crippen molar-refractivity contribution in [3.05, 3.63) is 0 Å². The number of nitrogens with zero attached hydrogens (tertiary/aromatic N) is 1. The predicted octanol–water partition coefficient (Wildman–Crippen LogP) is 1.16.